The third-order valence-electron chi connectivity index (χ3n) is 12.8. The zero-order chi connectivity index (χ0) is 56.7. The number of hydrogen-bond donors (Lipinski definition) is 0. The molecule has 7 aromatic carbocycles. The van der Waals surface area contributed by atoms with Crippen LogP contribution in [0.4, 0.5) is 0 Å². The molecule has 0 unspecified atom stereocenters. The van der Waals surface area contributed by atoms with Crippen LogP contribution >= 0.6 is 0 Å². The number of benzene rings is 7. The van der Waals surface area contributed by atoms with E-state index in [1.165, 1.54) is 54.6 Å². The summed E-state index contributed by atoms with van der Waals surface area (Å²) in [6.45, 7) is 13.3. The summed E-state index contributed by atoms with van der Waals surface area (Å²) < 4.78 is 52.7. The van der Waals surface area contributed by atoms with Gasteiger partial charge in [0.05, 0.1) is 16.7 Å². The predicted octanol–water partition coefficient (Wildman–Crippen LogP) is 11.6. The number of carbonyl (C=O) groups is 9. The number of ether oxygens (including phenoxy) is 9. The number of hydrogen-bond acceptors (Lipinski definition) is 18. The lowest BCUT2D eigenvalue weighted by atomic mass is 9.95. The molecule has 78 heavy (non-hydrogen) atoms. The van der Waals surface area contributed by atoms with Crippen LogP contribution in [0.15, 0.2) is 78.9 Å². The van der Waals surface area contributed by atoms with Gasteiger partial charge in [-0.3, -0.25) is 28.8 Å². The SMILES string of the molecule is CCC(=O)Oc1c(C)c(C)c(OC(=O)CC)c2c(C(=O)OC(OC(=O)c3cccc4c(OC(=O)CC)c(C)c(C)c(OC(=O)CC)c34)OC(=O)c3cccc4c(OC(=O)CC)c5ccccc5c(OC(=O)CC)c34)cccc12. The van der Waals surface area contributed by atoms with Gasteiger partial charge in [-0.2, -0.15) is 0 Å². The lowest BCUT2D eigenvalue weighted by molar-refractivity contribution is -0.202. The van der Waals surface area contributed by atoms with Crippen LogP contribution in [-0.4, -0.2) is 60.2 Å². The minimum Gasteiger partial charge on any atom is -0.426 e. The largest absolute Gasteiger partial charge is 0.426 e. The Morgan fingerprint density at radius 3 is 0.885 bits per heavy atom. The Hall–Kier alpha value is -9.19. The van der Waals surface area contributed by atoms with E-state index in [0.29, 0.717) is 27.6 Å². The standard InChI is InChI=1S/C60H56O18/c1-11-42(61)70-51-30(7)32(9)53(72-44(63)13-3)48-36(51)24-19-27-39(48)57(67)76-60(77-58(68)40-28-20-25-37-49(40)54(73-45(64)14-4)33(10)31(8)52(37)71-43(62)12-2)78-59(69)41-29-21-26-38-50(41)56(75-47(66)16-6)35-23-18-17-22-34(35)55(38)74-46(65)15-5/h17-29,60H,11-16H2,1-10H3. The summed E-state index contributed by atoms with van der Waals surface area (Å²) in [5.74, 6) is -8.06. The zero-order valence-electron chi connectivity index (χ0n) is 44.7. The van der Waals surface area contributed by atoms with E-state index in [2.05, 4.69) is 0 Å². The van der Waals surface area contributed by atoms with Crippen molar-refractivity contribution in [2.75, 3.05) is 0 Å². The van der Waals surface area contributed by atoms with Crippen LogP contribution in [0.3, 0.4) is 0 Å². The van der Waals surface area contributed by atoms with E-state index in [1.54, 1.807) is 93.5 Å². The molecule has 7 rings (SSSR count). The second-order valence-corrected chi connectivity index (χ2v) is 17.7. The average Bonchev–Trinajstić information content (AvgIpc) is 3.63. The first-order valence-corrected chi connectivity index (χ1v) is 25.3. The molecule has 0 aliphatic rings. The maximum Gasteiger partial charge on any atom is 0.413 e. The maximum atomic E-state index is 15.0. The third kappa shape index (κ3) is 11.3. The highest BCUT2D eigenvalue weighted by atomic mass is 16.9. The summed E-state index contributed by atoms with van der Waals surface area (Å²) in [7, 11) is 0. The first-order valence-electron chi connectivity index (χ1n) is 25.3. The summed E-state index contributed by atoms with van der Waals surface area (Å²) in [6, 6.07) is 19.3. The van der Waals surface area contributed by atoms with Crippen molar-refractivity contribution in [2.24, 2.45) is 0 Å². The van der Waals surface area contributed by atoms with Crippen molar-refractivity contribution in [1.82, 2.24) is 0 Å². The van der Waals surface area contributed by atoms with E-state index >= 15 is 4.79 Å². The fraction of sp³-hybridized carbons (Fsp3) is 0.283. The number of esters is 9. The van der Waals surface area contributed by atoms with Crippen molar-refractivity contribution in [3.63, 3.8) is 0 Å². The highest BCUT2D eigenvalue weighted by Gasteiger charge is 2.34. The summed E-state index contributed by atoms with van der Waals surface area (Å²) in [5, 5.41) is 0.831. The quantitative estimate of drug-likeness (QED) is 0.0336. The lowest BCUT2D eigenvalue weighted by Crippen LogP contribution is -2.30. The molecule has 0 atom stereocenters. The van der Waals surface area contributed by atoms with Crippen LogP contribution in [0.1, 0.15) is 133 Å². The van der Waals surface area contributed by atoms with E-state index in [1.807, 2.05) is 0 Å². The van der Waals surface area contributed by atoms with Crippen LogP contribution < -0.4 is 28.4 Å². The average molecular weight is 1070 g/mol. The van der Waals surface area contributed by atoms with Gasteiger partial charge < -0.3 is 42.6 Å². The Morgan fingerprint density at radius 1 is 0.308 bits per heavy atom. The van der Waals surface area contributed by atoms with Crippen molar-refractivity contribution >= 4 is 96.8 Å². The predicted molar refractivity (Wildman–Crippen MR) is 284 cm³/mol. The molecule has 0 aliphatic carbocycles. The van der Waals surface area contributed by atoms with Gasteiger partial charge in [-0.25, -0.2) is 14.4 Å². The highest BCUT2D eigenvalue weighted by Crippen LogP contribution is 2.47. The fourth-order valence-electron chi connectivity index (χ4n) is 8.46. The molecule has 404 valence electrons. The lowest BCUT2D eigenvalue weighted by Gasteiger charge is -2.22. The fourth-order valence-corrected chi connectivity index (χ4v) is 8.46. The first-order chi connectivity index (χ1) is 37.3. The van der Waals surface area contributed by atoms with Crippen LogP contribution in [0.5, 0.6) is 34.5 Å². The summed E-state index contributed by atoms with van der Waals surface area (Å²) >= 11 is 0. The van der Waals surface area contributed by atoms with Gasteiger partial charge >= 0.3 is 60.2 Å². The van der Waals surface area contributed by atoms with E-state index in [-0.39, 0.29) is 127 Å². The van der Waals surface area contributed by atoms with Crippen molar-refractivity contribution in [3.05, 3.63) is 118 Å². The van der Waals surface area contributed by atoms with Gasteiger partial charge in [0.15, 0.2) is 0 Å². The Morgan fingerprint density at radius 2 is 0.551 bits per heavy atom. The van der Waals surface area contributed by atoms with Crippen molar-refractivity contribution in [3.8, 4) is 34.5 Å². The van der Waals surface area contributed by atoms with Gasteiger partial charge in [-0.05, 0) is 68.1 Å². The Bertz CT molecular complexity index is 3490. The van der Waals surface area contributed by atoms with Gasteiger partial charge in [-0.1, -0.05) is 102 Å². The third-order valence-corrected chi connectivity index (χ3v) is 12.8. The molecule has 0 fully saturated rings. The van der Waals surface area contributed by atoms with Gasteiger partial charge in [-0.15, -0.1) is 0 Å². The normalized spacial score (nSPS) is 11.1. The van der Waals surface area contributed by atoms with Gasteiger partial charge in [0.25, 0.3) is 0 Å². The molecule has 0 spiro atoms. The minimum atomic E-state index is -2.62. The molecule has 7 aromatic rings. The number of carbonyl (C=O) groups excluding carboxylic acids is 9. The number of rotatable bonds is 18. The molecule has 18 heteroatoms. The summed E-state index contributed by atoms with van der Waals surface area (Å²) in [6.07, 6.45) is -0.306. The molecule has 0 aromatic heterocycles. The zero-order valence-corrected chi connectivity index (χ0v) is 44.7. The Labute approximate surface area is 447 Å². The molecule has 0 amide bonds. The molecular formula is C60H56O18. The second kappa shape index (κ2) is 24.2. The molecule has 0 radical (unpaired) electrons. The maximum absolute atomic E-state index is 15.0. The molecule has 0 bridgehead atoms. The van der Waals surface area contributed by atoms with Gasteiger partial charge in [0.2, 0.25) is 0 Å². The van der Waals surface area contributed by atoms with Crippen LogP contribution in [0.25, 0.3) is 43.1 Å². The first kappa shape index (κ1) is 56.5. The topological polar surface area (TPSA) is 237 Å². The Kier molecular flexibility index (Phi) is 17.5. The summed E-state index contributed by atoms with van der Waals surface area (Å²) in [5.41, 5.74) is 0.436. The van der Waals surface area contributed by atoms with E-state index in [9.17, 15) is 38.4 Å². The molecule has 0 saturated heterocycles. The van der Waals surface area contributed by atoms with Crippen molar-refractivity contribution in [2.45, 2.75) is 114 Å². The van der Waals surface area contributed by atoms with Crippen molar-refractivity contribution in [1.29, 1.82) is 0 Å². The molecule has 0 heterocycles. The van der Waals surface area contributed by atoms with E-state index < -0.39 is 60.2 Å². The second-order valence-electron chi connectivity index (χ2n) is 17.7. The van der Waals surface area contributed by atoms with E-state index in [0.717, 1.165) is 0 Å². The highest BCUT2D eigenvalue weighted by molar-refractivity contribution is 6.19. The van der Waals surface area contributed by atoms with Crippen LogP contribution in [0, 0.1) is 27.7 Å². The van der Waals surface area contributed by atoms with Crippen LogP contribution in [0.2, 0.25) is 0 Å². The van der Waals surface area contributed by atoms with E-state index in [4.69, 9.17) is 42.6 Å². The summed E-state index contributed by atoms with van der Waals surface area (Å²) in [4.78, 5) is 123. The van der Waals surface area contributed by atoms with Crippen LogP contribution in [-0.2, 0) is 43.0 Å². The minimum absolute atomic E-state index is 0.0166. The van der Waals surface area contributed by atoms with Gasteiger partial charge in [0.1, 0.15) is 34.5 Å². The molecule has 0 aliphatic heterocycles. The molecule has 18 nitrogen and oxygen atoms in total. The number of fused-ring (bicyclic) bond motifs is 4. The molecule has 0 saturated carbocycles. The van der Waals surface area contributed by atoms with Crippen molar-refractivity contribution < 1.29 is 85.8 Å². The Balaban J connectivity index is 1.46. The molecular weight excluding hydrogens is 1010 g/mol. The van der Waals surface area contributed by atoms with Gasteiger partial charge in [0, 0.05) is 81.6 Å². The monoisotopic (exact) mass is 1060 g/mol. The molecule has 0 N–H and O–H groups in total. The smallest absolute Gasteiger partial charge is 0.413 e.